The first-order valence-corrected chi connectivity index (χ1v) is 10.1. The summed E-state index contributed by atoms with van der Waals surface area (Å²) in [4.78, 5) is -0.0530. The maximum atomic E-state index is 12.3. The molecule has 8 nitrogen and oxygen atoms in total. The zero-order chi connectivity index (χ0) is 17.7. The number of nitrogens with one attached hydrogen (secondary N) is 3. The second-order valence-corrected chi connectivity index (χ2v) is 8.66. The Morgan fingerprint density at radius 1 is 1.21 bits per heavy atom. The Kier molecular flexibility index (Phi) is 9.00. The summed E-state index contributed by atoms with van der Waals surface area (Å²) in [7, 11) is -4.16. The molecule has 0 aliphatic rings. The van der Waals surface area contributed by atoms with Gasteiger partial charge in [-0.3, -0.25) is 4.72 Å². The van der Waals surface area contributed by atoms with Crippen molar-refractivity contribution in [3.05, 3.63) is 18.2 Å². The molecular weight excluding hydrogens is 378 g/mol. The van der Waals surface area contributed by atoms with Gasteiger partial charge in [0.25, 0.3) is 0 Å². The standard InChI is InChI=1S/C13H23N3O5S2.ClH/c1-5-22(17,18)16-11-6-7-13(12(8-11)21-4)23(19,20)15-9-10(2)14-3;/h6-8,10,14-16H,5,9H2,1-4H3;1H. The van der Waals surface area contributed by atoms with Crippen molar-refractivity contribution in [2.24, 2.45) is 0 Å². The van der Waals surface area contributed by atoms with Gasteiger partial charge in [0, 0.05) is 18.7 Å². The number of anilines is 1. The summed E-state index contributed by atoms with van der Waals surface area (Å²) in [5, 5.41) is 2.92. The monoisotopic (exact) mass is 401 g/mol. The van der Waals surface area contributed by atoms with Gasteiger partial charge >= 0.3 is 0 Å². The van der Waals surface area contributed by atoms with Crippen molar-refractivity contribution < 1.29 is 21.6 Å². The number of rotatable bonds is 9. The van der Waals surface area contributed by atoms with E-state index in [2.05, 4.69) is 14.8 Å². The predicted octanol–water partition coefficient (Wildman–Crippen LogP) is 0.765. The van der Waals surface area contributed by atoms with Crippen molar-refractivity contribution in [3.63, 3.8) is 0 Å². The van der Waals surface area contributed by atoms with Crippen LogP contribution in [0.1, 0.15) is 13.8 Å². The molecule has 1 atom stereocenters. The maximum absolute atomic E-state index is 12.3. The first-order valence-electron chi connectivity index (χ1n) is 7.00. The average molecular weight is 402 g/mol. The number of halogens is 1. The van der Waals surface area contributed by atoms with Gasteiger partial charge in [-0.2, -0.15) is 0 Å². The molecule has 0 radical (unpaired) electrons. The highest BCUT2D eigenvalue weighted by atomic mass is 35.5. The minimum absolute atomic E-state index is 0. The number of ether oxygens (including phenoxy) is 1. The number of benzene rings is 1. The van der Waals surface area contributed by atoms with Gasteiger partial charge in [0.05, 0.1) is 18.6 Å². The Bertz CT molecular complexity index is 738. The quantitative estimate of drug-likeness (QED) is 0.563. The summed E-state index contributed by atoms with van der Waals surface area (Å²) < 4.78 is 57.7. The Labute approximate surface area is 149 Å². The molecule has 0 saturated carbocycles. The van der Waals surface area contributed by atoms with Gasteiger partial charge in [-0.25, -0.2) is 21.6 Å². The minimum Gasteiger partial charge on any atom is -0.495 e. The zero-order valence-electron chi connectivity index (χ0n) is 14.0. The Balaban J connectivity index is 0.00000529. The first kappa shape index (κ1) is 22.9. The summed E-state index contributed by atoms with van der Waals surface area (Å²) in [6.45, 7) is 3.56. The number of hydrogen-bond donors (Lipinski definition) is 3. The Morgan fingerprint density at radius 2 is 1.83 bits per heavy atom. The van der Waals surface area contributed by atoms with E-state index >= 15 is 0 Å². The van der Waals surface area contributed by atoms with Crippen LogP contribution in [0, 0.1) is 0 Å². The fraction of sp³-hybridized carbons (Fsp3) is 0.538. The minimum atomic E-state index is -3.77. The van der Waals surface area contributed by atoms with Crippen LogP contribution < -0.4 is 19.5 Å². The lowest BCUT2D eigenvalue weighted by Gasteiger charge is -2.15. The van der Waals surface area contributed by atoms with Crippen LogP contribution in [0.3, 0.4) is 0 Å². The van der Waals surface area contributed by atoms with Gasteiger partial charge in [-0.1, -0.05) is 0 Å². The number of hydrogen-bond acceptors (Lipinski definition) is 6. The van der Waals surface area contributed by atoms with E-state index in [0.29, 0.717) is 0 Å². The third-order valence-corrected chi connectivity index (χ3v) is 5.95. The number of sulfonamides is 2. The van der Waals surface area contributed by atoms with Crippen molar-refractivity contribution in [2.75, 3.05) is 31.2 Å². The van der Waals surface area contributed by atoms with E-state index in [1.807, 2.05) is 6.92 Å². The summed E-state index contributed by atoms with van der Waals surface area (Å²) in [6, 6.07) is 3.99. The molecule has 0 spiro atoms. The summed E-state index contributed by atoms with van der Waals surface area (Å²) >= 11 is 0. The highest BCUT2D eigenvalue weighted by molar-refractivity contribution is 7.92. The van der Waals surface area contributed by atoms with Crippen molar-refractivity contribution in [3.8, 4) is 5.75 Å². The molecule has 0 saturated heterocycles. The fourth-order valence-electron chi connectivity index (χ4n) is 1.62. The van der Waals surface area contributed by atoms with Gasteiger partial charge in [-0.05, 0) is 33.0 Å². The smallest absolute Gasteiger partial charge is 0.244 e. The Hall–Kier alpha value is -1.07. The van der Waals surface area contributed by atoms with E-state index in [4.69, 9.17) is 4.74 Å². The molecule has 1 aromatic carbocycles. The van der Waals surface area contributed by atoms with Crippen molar-refractivity contribution in [2.45, 2.75) is 24.8 Å². The van der Waals surface area contributed by atoms with Crippen molar-refractivity contribution >= 4 is 38.1 Å². The van der Waals surface area contributed by atoms with Gasteiger partial charge in [0.1, 0.15) is 10.6 Å². The largest absolute Gasteiger partial charge is 0.495 e. The molecule has 3 N–H and O–H groups in total. The van der Waals surface area contributed by atoms with Crippen molar-refractivity contribution in [1.29, 1.82) is 0 Å². The predicted molar refractivity (Wildman–Crippen MR) is 97.0 cm³/mol. The molecule has 0 fully saturated rings. The molecule has 0 aromatic heterocycles. The van der Waals surface area contributed by atoms with Gasteiger partial charge in [0.2, 0.25) is 20.0 Å². The van der Waals surface area contributed by atoms with Gasteiger partial charge in [0.15, 0.2) is 0 Å². The van der Waals surface area contributed by atoms with Crippen LogP contribution in [-0.4, -0.2) is 49.3 Å². The van der Waals surface area contributed by atoms with E-state index in [0.717, 1.165) is 0 Å². The number of methoxy groups -OCH3 is 1. The zero-order valence-corrected chi connectivity index (χ0v) is 16.4. The van der Waals surface area contributed by atoms with Crippen molar-refractivity contribution in [1.82, 2.24) is 10.0 Å². The molecule has 1 aromatic rings. The van der Waals surface area contributed by atoms with Crippen LogP contribution in [0.25, 0.3) is 0 Å². The SMILES string of the molecule is CCS(=O)(=O)Nc1ccc(S(=O)(=O)NCC(C)NC)c(OC)c1.Cl. The van der Waals surface area contributed by atoms with E-state index in [9.17, 15) is 16.8 Å². The molecule has 0 bridgehead atoms. The topological polar surface area (TPSA) is 114 Å². The molecule has 140 valence electrons. The van der Waals surface area contributed by atoms with Crippen LogP contribution in [0.4, 0.5) is 5.69 Å². The van der Waals surface area contributed by atoms with Crippen LogP contribution in [-0.2, 0) is 20.0 Å². The third-order valence-electron chi connectivity index (χ3n) is 3.18. The maximum Gasteiger partial charge on any atom is 0.244 e. The summed E-state index contributed by atoms with van der Waals surface area (Å²) in [6.07, 6.45) is 0. The van der Waals surface area contributed by atoms with Crippen LogP contribution in [0.2, 0.25) is 0 Å². The van der Waals surface area contributed by atoms with E-state index < -0.39 is 20.0 Å². The molecule has 24 heavy (non-hydrogen) atoms. The molecule has 0 aliphatic carbocycles. The van der Waals surface area contributed by atoms with E-state index in [1.165, 1.54) is 32.2 Å². The lowest BCUT2D eigenvalue weighted by Crippen LogP contribution is -2.37. The molecule has 1 unspecified atom stereocenters. The van der Waals surface area contributed by atoms with E-state index in [-0.39, 0.29) is 47.1 Å². The van der Waals surface area contributed by atoms with Crippen LogP contribution in [0.5, 0.6) is 5.75 Å². The average Bonchev–Trinajstić information content (AvgIpc) is 2.51. The second-order valence-electron chi connectivity index (χ2n) is 4.91. The fourth-order valence-corrected chi connectivity index (χ4v) is 3.53. The molecule has 0 amide bonds. The highest BCUT2D eigenvalue weighted by Crippen LogP contribution is 2.27. The molecule has 0 aliphatic heterocycles. The molecular formula is C13H24ClN3O5S2. The molecule has 0 heterocycles. The lowest BCUT2D eigenvalue weighted by atomic mass is 10.3. The highest BCUT2D eigenvalue weighted by Gasteiger charge is 2.21. The first-order chi connectivity index (χ1) is 10.6. The second kappa shape index (κ2) is 9.42. The third kappa shape index (κ3) is 6.44. The van der Waals surface area contributed by atoms with Gasteiger partial charge in [-0.15, -0.1) is 12.4 Å². The van der Waals surface area contributed by atoms with E-state index in [1.54, 1.807) is 7.05 Å². The molecule has 1 rings (SSSR count). The van der Waals surface area contributed by atoms with Crippen LogP contribution in [0.15, 0.2) is 23.1 Å². The lowest BCUT2D eigenvalue weighted by molar-refractivity contribution is 0.402. The normalized spacial score (nSPS) is 13.0. The number of likely N-dealkylation sites (N-methyl/N-ethyl adjacent to an activating group) is 1. The molecule has 11 heteroatoms. The summed E-state index contributed by atoms with van der Waals surface area (Å²) in [5.41, 5.74) is 0.242. The summed E-state index contributed by atoms with van der Waals surface area (Å²) in [5.74, 6) is -0.0235. The Morgan fingerprint density at radius 3 is 2.33 bits per heavy atom. The van der Waals surface area contributed by atoms with Crippen LogP contribution >= 0.6 is 12.4 Å². The van der Waals surface area contributed by atoms with Gasteiger partial charge < -0.3 is 10.1 Å².